The molecule has 1 amide bonds. The topological polar surface area (TPSA) is 49.6 Å². The van der Waals surface area contributed by atoms with E-state index in [0.29, 0.717) is 31.1 Å². The van der Waals surface area contributed by atoms with Crippen molar-refractivity contribution in [3.05, 3.63) is 88.9 Å². The number of nitrogens with zero attached hydrogens (tertiary/aromatic N) is 3. The third-order valence-electron chi connectivity index (χ3n) is 4.91. The summed E-state index contributed by atoms with van der Waals surface area (Å²) in [4.78, 5) is 20.2. The van der Waals surface area contributed by atoms with Gasteiger partial charge in [-0.15, -0.1) is 0 Å². The number of oxazole rings is 1. The van der Waals surface area contributed by atoms with Crippen LogP contribution in [0.15, 0.2) is 53.1 Å². The molecule has 0 N–H and O–H groups in total. The van der Waals surface area contributed by atoms with Gasteiger partial charge in [-0.3, -0.25) is 9.69 Å². The second-order valence-electron chi connectivity index (χ2n) is 7.11. The van der Waals surface area contributed by atoms with Crippen LogP contribution in [0, 0.1) is 17.5 Å². The molecule has 0 spiro atoms. The normalized spacial score (nSPS) is 11.2. The van der Waals surface area contributed by atoms with E-state index in [1.807, 2.05) is 18.7 Å². The van der Waals surface area contributed by atoms with Gasteiger partial charge in [0.1, 0.15) is 23.7 Å². The van der Waals surface area contributed by atoms with Crippen LogP contribution in [-0.2, 0) is 19.6 Å². The summed E-state index contributed by atoms with van der Waals surface area (Å²) < 4.78 is 46.2. The van der Waals surface area contributed by atoms with Gasteiger partial charge in [-0.2, -0.15) is 0 Å². The van der Waals surface area contributed by atoms with E-state index in [1.54, 1.807) is 17.0 Å². The van der Waals surface area contributed by atoms with E-state index in [0.717, 1.165) is 11.6 Å². The number of benzene rings is 2. The lowest BCUT2D eigenvalue weighted by Gasteiger charge is -2.21. The van der Waals surface area contributed by atoms with Crippen LogP contribution in [0.5, 0.6) is 0 Å². The van der Waals surface area contributed by atoms with Crippen molar-refractivity contribution in [1.82, 2.24) is 14.8 Å². The van der Waals surface area contributed by atoms with Crippen molar-refractivity contribution in [3.8, 4) is 0 Å². The Balaban J connectivity index is 1.80. The van der Waals surface area contributed by atoms with Gasteiger partial charge in [-0.1, -0.05) is 18.2 Å². The maximum atomic E-state index is 14.2. The summed E-state index contributed by atoms with van der Waals surface area (Å²) in [7, 11) is 0. The van der Waals surface area contributed by atoms with Gasteiger partial charge in [0.15, 0.2) is 5.69 Å². The van der Waals surface area contributed by atoms with E-state index in [2.05, 4.69) is 4.98 Å². The fourth-order valence-corrected chi connectivity index (χ4v) is 3.25. The Morgan fingerprint density at radius 3 is 2.26 bits per heavy atom. The first kappa shape index (κ1) is 22.6. The second kappa shape index (κ2) is 10.3. The zero-order valence-corrected chi connectivity index (χ0v) is 17.4. The molecule has 0 aliphatic carbocycles. The molecule has 0 unspecified atom stereocenters. The van der Waals surface area contributed by atoms with E-state index >= 15 is 0 Å². The molecule has 1 heterocycles. The Morgan fingerprint density at radius 2 is 1.61 bits per heavy atom. The fraction of sp³-hybridized carbons (Fsp3) is 0.304. The molecule has 0 aliphatic heterocycles. The van der Waals surface area contributed by atoms with E-state index in [-0.39, 0.29) is 30.5 Å². The molecular formula is C23H24F3N3O2. The van der Waals surface area contributed by atoms with Gasteiger partial charge in [0, 0.05) is 37.8 Å². The van der Waals surface area contributed by atoms with Crippen molar-refractivity contribution in [1.29, 1.82) is 0 Å². The smallest absolute Gasteiger partial charge is 0.275 e. The maximum absolute atomic E-state index is 14.2. The van der Waals surface area contributed by atoms with E-state index in [1.165, 1.54) is 30.5 Å². The zero-order valence-electron chi connectivity index (χ0n) is 17.4. The summed E-state index contributed by atoms with van der Waals surface area (Å²) in [6.45, 7) is 5.54. The van der Waals surface area contributed by atoms with Crippen LogP contribution in [0.2, 0.25) is 0 Å². The monoisotopic (exact) mass is 431 g/mol. The highest BCUT2D eigenvalue weighted by Crippen LogP contribution is 2.18. The lowest BCUT2D eigenvalue weighted by Crippen LogP contribution is -2.30. The summed E-state index contributed by atoms with van der Waals surface area (Å²) in [5.41, 5.74) is 1.30. The molecule has 0 bridgehead atoms. The molecule has 0 atom stereocenters. The fourth-order valence-electron chi connectivity index (χ4n) is 3.25. The van der Waals surface area contributed by atoms with Crippen molar-refractivity contribution in [2.75, 3.05) is 13.1 Å². The molecular weight excluding hydrogens is 407 g/mol. The molecule has 5 nitrogen and oxygen atoms in total. The number of amides is 1. The lowest BCUT2D eigenvalue weighted by atomic mass is 10.1. The largest absolute Gasteiger partial charge is 0.447 e. The van der Waals surface area contributed by atoms with Crippen LogP contribution in [-0.4, -0.2) is 33.8 Å². The molecule has 0 aliphatic rings. The molecule has 0 radical (unpaired) electrons. The Bertz CT molecular complexity index is 1020. The van der Waals surface area contributed by atoms with E-state index in [9.17, 15) is 18.0 Å². The average molecular weight is 431 g/mol. The van der Waals surface area contributed by atoms with Crippen molar-refractivity contribution in [2.45, 2.75) is 33.5 Å². The van der Waals surface area contributed by atoms with Gasteiger partial charge in [-0.25, -0.2) is 18.2 Å². The molecule has 3 rings (SSSR count). The quantitative estimate of drug-likeness (QED) is 0.490. The van der Waals surface area contributed by atoms with E-state index < -0.39 is 11.6 Å². The molecule has 0 saturated carbocycles. The molecule has 8 heteroatoms. The van der Waals surface area contributed by atoms with Crippen LogP contribution >= 0.6 is 0 Å². The summed E-state index contributed by atoms with van der Waals surface area (Å²) in [6, 6.07) is 9.36. The summed E-state index contributed by atoms with van der Waals surface area (Å²) in [5.74, 6) is -1.60. The maximum Gasteiger partial charge on any atom is 0.275 e. The highest BCUT2D eigenvalue weighted by atomic mass is 19.1. The number of hydrogen-bond donors (Lipinski definition) is 0. The van der Waals surface area contributed by atoms with Crippen LogP contribution in [0.4, 0.5) is 13.2 Å². The van der Waals surface area contributed by atoms with Crippen LogP contribution in [0.1, 0.15) is 41.4 Å². The third-order valence-corrected chi connectivity index (χ3v) is 4.91. The number of hydrogen-bond acceptors (Lipinski definition) is 4. The first-order valence-electron chi connectivity index (χ1n) is 10.0. The molecule has 3 aromatic rings. The van der Waals surface area contributed by atoms with Crippen LogP contribution < -0.4 is 0 Å². The summed E-state index contributed by atoms with van der Waals surface area (Å²) in [5, 5.41) is 0. The van der Waals surface area contributed by atoms with Gasteiger partial charge in [0.2, 0.25) is 5.89 Å². The van der Waals surface area contributed by atoms with Gasteiger partial charge < -0.3 is 9.32 Å². The Morgan fingerprint density at radius 1 is 0.935 bits per heavy atom. The Kier molecular flexibility index (Phi) is 7.46. The molecule has 2 aromatic carbocycles. The molecule has 31 heavy (non-hydrogen) atoms. The van der Waals surface area contributed by atoms with Crippen LogP contribution in [0.3, 0.4) is 0 Å². The number of halogens is 3. The Labute approximate surface area is 179 Å². The molecule has 164 valence electrons. The SMILES string of the molecule is CCN(CC)C(=O)c1coc(CN(Cc2ccc(F)cc2)Cc2ccc(F)cc2F)n1. The predicted octanol–water partition coefficient (Wildman–Crippen LogP) is 4.78. The van der Waals surface area contributed by atoms with Crippen molar-refractivity contribution in [2.24, 2.45) is 0 Å². The standard InChI is InChI=1S/C23H24F3N3O2/c1-3-29(4-2)23(30)21-15-31-22(27-21)14-28(12-16-5-8-18(24)9-6-16)13-17-7-10-19(25)11-20(17)26/h5-11,15H,3-4,12-14H2,1-2H3. The highest BCUT2D eigenvalue weighted by molar-refractivity contribution is 5.91. The van der Waals surface area contributed by atoms with Crippen molar-refractivity contribution < 1.29 is 22.4 Å². The van der Waals surface area contributed by atoms with Gasteiger partial charge >= 0.3 is 0 Å². The molecule has 0 fully saturated rings. The van der Waals surface area contributed by atoms with Gasteiger partial charge in [-0.05, 0) is 37.6 Å². The minimum atomic E-state index is -0.658. The molecule has 1 aromatic heterocycles. The predicted molar refractivity (Wildman–Crippen MR) is 109 cm³/mol. The first-order valence-corrected chi connectivity index (χ1v) is 10.0. The van der Waals surface area contributed by atoms with Gasteiger partial charge in [0.25, 0.3) is 5.91 Å². The Hall–Kier alpha value is -3.13. The van der Waals surface area contributed by atoms with Crippen LogP contribution in [0.25, 0.3) is 0 Å². The minimum Gasteiger partial charge on any atom is -0.447 e. The average Bonchev–Trinajstić information content (AvgIpc) is 3.21. The van der Waals surface area contributed by atoms with E-state index in [4.69, 9.17) is 4.42 Å². The van der Waals surface area contributed by atoms with Crippen molar-refractivity contribution >= 4 is 5.91 Å². The minimum absolute atomic E-state index is 0.144. The number of carbonyl (C=O) groups is 1. The zero-order chi connectivity index (χ0) is 22.4. The third kappa shape index (κ3) is 5.95. The summed E-state index contributed by atoms with van der Waals surface area (Å²) >= 11 is 0. The number of rotatable bonds is 9. The summed E-state index contributed by atoms with van der Waals surface area (Å²) in [6.07, 6.45) is 1.31. The van der Waals surface area contributed by atoms with Gasteiger partial charge in [0.05, 0.1) is 6.54 Å². The number of carbonyl (C=O) groups excluding carboxylic acids is 1. The second-order valence-corrected chi connectivity index (χ2v) is 7.11. The first-order chi connectivity index (χ1) is 14.9. The highest BCUT2D eigenvalue weighted by Gasteiger charge is 2.19. The number of aromatic nitrogens is 1. The van der Waals surface area contributed by atoms with Crippen molar-refractivity contribution in [3.63, 3.8) is 0 Å². The lowest BCUT2D eigenvalue weighted by molar-refractivity contribution is 0.0767. The molecule has 0 saturated heterocycles.